The second kappa shape index (κ2) is 7.88. The summed E-state index contributed by atoms with van der Waals surface area (Å²) in [6, 6.07) is 13.1. The molecular formula is C19H20BrN3O3. The first kappa shape index (κ1) is 18.4. The molecule has 2 aromatic rings. The number of nitrogens with one attached hydrogen (secondary N) is 1. The number of hydrogen-bond donors (Lipinski definition) is 1. The number of anilines is 2. The monoisotopic (exact) mass is 417 g/mol. The van der Waals surface area contributed by atoms with Crippen LogP contribution < -0.4 is 15.0 Å². The zero-order chi connectivity index (χ0) is 18.7. The molecule has 0 saturated heterocycles. The number of nitrogens with zero attached hydrogens (tertiary/aromatic N) is 2. The molecule has 7 heteroatoms. The number of para-hydroxylation sites is 2. The molecule has 0 spiro atoms. The standard InChI is InChI=1S/C19H20BrN3O3/c1-22(10-13-9-14(20)7-8-17(13)26-2)12-19(25)23-11-18(24)21-15-5-3-4-6-16(15)23/h3-9H,10-12H2,1-2H3,(H,21,24). The van der Waals surface area contributed by atoms with Crippen molar-refractivity contribution in [1.82, 2.24) is 4.90 Å². The largest absolute Gasteiger partial charge is 0.496 e. The lowest BCUT2D eigenvalue weighted by Crippen LogP contribution is -2.45. The summed E-state index contributed by atoms with van der Waals surface area (Å²) in [5.41, 5.74) is 2.37. The minimum absolute atomic E-state index is 0.0316. The van der Waals surface area contributed by atoms with Crippen molar-refractivity contribution >= 4 is 39.1 Å². The summed E-state index contributed by atoms with van der Waals surface area (Å²) >= 11 is 3.46. The summed E-state index contributed by atoms with van der Waals surface area (Å²) < 4.78 is 6.34. The fourth-order valence-electron chi connectivity index (χ4n) is 2.99. The lowest BCUT2D eigenvalue weighted by molar-refractivity contribution is -0.122. The molecule has 3 rings (SSSR count). The Kier molecular flexibility index (Phi) is 5.58. The summed E-state index contributed by atoms with van der Waals surface area (Å²) in [6.07, 6.45) is 0. The molecule has 6 nitrogen and oxygen atoms in total. The number of rotatable bonds is 5. The molecular weight excluding hydrogens is 398 g/mol. The second-order valence-corrected chi connectivity index (χ2v) is 7.09. The molecule has 26 heavy (non-hydrogen) atoms. The van der Waals surface area contributed by atoms with Crippen molar-refractivity contribution in [2.75, 3.05) is 37.5 Å². The van der Waals surface area contributed by atoms with Crippen LogP contribution in [0.3, 0.4) is 0 Å². The number of carbonyl (C=O) groups is 2. The molecule has 0 bridgehead atoms. The number of carbonyl (C=O) groups excluding carboxylic acids is 2. The first-order valence-electron chi connectivity index (χ1n) is 8.18. The van der Waals surface area contributed by atoms with Gasteiger partial charge in [-0.2, -0.15) is 0 Å². The third-order valence-corrected chi connectivity index (χ3v) is 4.65. The van der Waals surface area contributed by atoms with Crippen molar-refractivity contribution in [3.63, 3.8) is 0 Å². The van der Waals surface area contributed by atoms with Crippen LogP contribution in [-0.2, 0) is 16.1 Å². The number of hydrogen-bond acceptors (Lipinski definition) is 4. The topological polar surface area (TPSA) is 61.9 Å². The number of amides is 2. The number of likely N-dealkylation sites (N-methyl/N-ethyl adjacent to an activating group) is 1. The van der Waals surface area contributed by atoms with Gasteiger partial charge in [-0.05, 0) is 37.4 Å². The van der Waals surface area contributed by atoms with Gasteiger partial charge in [0.25, 0.3) is 0 Å². The smallest absolute Gasteiger partial charge is 0.244 e. The van der Waals surface area contributed by atoms with E-state index in [0.717, 1.165) is 21.5 Å². The van der Waals surface area contributed by atoms with Crippen LogP contribution in [0.2, 0.25) is 0 Å². The molecule has 0 aliphatic carbocycles. The molecule has 0 fully saturated rings. The van der Waals surface area contributed by atoms with Crippen molar-refractivity contribution < 1.29 is 14.3 Å². The maximum atomic E-state index is 12.8. The van der Waals surface area contributed by atoms with Crippen LogP contribution in [0.1, 0.15) is 5.56 Å². The van der Waals surface area contributed by atoms with Crippen molar-refractivity contribution in [3.8, 4) is 5.75 Å². The Morgan fingerprint density at radius 3 is 2.85 bits per heavy atom. The van der Waals surface area contributed by atoms with Gasteiger partial charge in [0, 0.05) is 16.6 Å². The van der Waals surface area contributed by atoms with E-state index in [9.17, 15) is 9.59 Å². The van der Waals surface area contributed by atoms with Crippen molar-refractivity contribution in [1.29, 1.82) is 0 Å². The Morgan fingerprint density at radius 2 is 2.08 bits per heavy atom. The van der Waals surface area contributed by atoms with E-state index in [-0.39, 0.29) is 24.9 Å². The van der Waals surface area contributed by atoms with Gasteiger partial charge in [0.05, 0.1) is 25.0 Å². The predicted molar refractivity (Wildman–Crippen MR) is 104 cm³/mol. The van der Waals surface area contributed by atoms with Gasteiger partial charge in [0.15, 0.2) is 0 Å². The Labute approximate surface area is 160 Å². The number of fused-ring (bicyclic) bond motifs is 1. The van der Waals surface area contributed by atoms with Gasteiger partial charge in [-0.1, -0.05) is 28.1 Å². The van der Waals surface area contributed by atoms with Gasteiger partial charge in [0.1, 0.15) is 12.3 Å². The van der Waals surface area contributed by atoms with E-state index in [4.69, 9.17) is 4.74 Å². The molecule has 0 saturated carbocycles. The Bertz CT molecular complexity index is 841. The first-order chi connectivity index (χ1) is 12.5. The second-order valence-electron chi connectivity index (χ2n) is 6.17. The fraction of sp³-hybridized carbons (Fsp3) is 0.263. The number of methoxy groups -OCH3 is 1. The maximum Gasteiger partial charge on any atom is 0.244 e. The third-order valence-electron chi connectivity index (χ3n) is 4.16. The zero-order valence-corrected chi connectivity index (χ0v) is 16.2. The van der Waals surface area contributed by atoms with Gasteiger partial charge in [-0.3, -0.25) is 19.4 Å². The lowest BCUT2D eigenvalue weighted by atomic mass is 10.1. The lowest BCUT2D eigenvalue weighted by Gasteiger charge is -2.30. The van der Waals surface area contributed by atoms with Crippen molar-refractivity contribution in [3.05, 3.63) is 52.5 Å². The summed E-state index contributed by atoms with van der Waals surface area (Å²) in [7, 11) is 3.50. The van der Waals surface area contributed by atoms with E-state index in [1.54, 1.807) is 13.2 Å². The molecule has 2 amide bonds. The number of ether oxygens (including phenoxy) is 1. The highest BCUT2D eigenvalue weighted by molar-refractivity contribution is 9.10. The van der Waals surface area contributed by atoms with Crippen molar-refractivity contribution in [2.24, 2.45) is 0 Å². The molecule has 0 unspecified atom stereocenters. The highest BCUT2D eigenvalue weighted by Crippen LogP contribution is 2.29. The van der Waals surface area contributed by atoms with Gasteiger partial charge in [-0.15, -0.1) is 0 Å². The van der Waals surface area contributed by atoms with Gasteiger partial charge >= 0.3 is 0 Å². The van der Waals surface area contributed by atoms with Crippen LogP contribution in [-0.4, -0.2) is 44.0 Å². The van der Waals surface area contributed by atoms with Crippen LogP contribution in [0.25, 0.3) is 0 Å². The first-order valence-corrected chi connectivity index (χ1v) is 8.97. The Morgan fingerprint density at radius 1 is 1.31 bits per heavy atom. The summed E-state index contributed by atoms with van der Waals surface area (Å²) in [6.45, 7) is 0.775. The normalized spacial score (nSPS) is 13.4. The molecule has 0 atom stereocenters. The molecule has 1 aliphatic rings. The van der Waals surface area contributed by atoms with Crippen LogP contribution >= 0.6 is 15.9 Å². The predicted octanol–water partition coefficient (Wildman–Crippen LogP) is 2.87. The van der Waals surface area contributed by atoms with E-state index in [0.29, 0.717) is 12.2 Å². The third kappa shape index (κ3) is 4.05. The summed E-state index contributed by atoms with van der Waals surface area (Å²) in [5.74, 6) is 0.465. The average Bonchev–Trinajstić information content (AvgIpc) is 2.61. The number of benzene rings is 2. The molecule has 1 aliphatic heterocycles. The van der Waals surface area contributed by atoms with Crippen molar-refractivity contribution in [2.45, 2.75) is 6.54 Å². The quantitative estimate of drug-likeness (QED) is 0.812. The highest BCUT2D eigenvalue weighted by Gasteiger charge is 2.27. The van der Waals surface area contributed by atoms with E-state index in [2.05, 4.69) is 21.2 Å². The van der Waals surface area contributed by atoms with E-state index in [1.165, 1.54) is 4.90 Å². The van der Waals surface area contributed by atoms with Gasteiger partial charge in [0.2, 0.25) is 11.8 Å². The van der Waals surface area contributed by atoms with Gasteiger partial charge < -0.3 is 10.1 Å². The summed E-state index contributed by atoms with van der Waals surface area (Å²) in [5, 5.41) is 2.79. The molecule has 0 radical (unpaired) electrons. The highest BCUT2D eigenvalue weighted by atomic mass is 79.9. The molecule has 1 N–H and O–H groups in total. The zero-order valence-electron chi connectivity index (χ0n) is 14.7. The van der Waals surface area contributed by atoms with E-state index in [1.807, 2.05) is 48.3 Å². The van der Waals surface area contributed by atoms with E-state index < -0.39 is 0 Å². The molecule has 0 aromatic heterocycles. The summed E-state index contributed by atoms with van der Waals surface area (Å²) in [4.78, 5) is 28.1. The van der Waals surface area contributed by atoms with Crippen LogP contribution in [0.15, 0.2) is 46.9 Å². The van der Waals surface area contributed by atoms with E-state index >= 15 is 0 Å². The fourth-order valence-corrected chi connectivity index (χ4v) is 3.40. The van der Waals surface area contributed by atoms with Crippen LogP contribution in [0, 0.1) is 0 Å². The minimum Gasteiger partial charge on any atom is -0.496 e. The molecule has 2 aromatic carbocycles. The molecule has 136 valence electrons. The van der Waals surface area contributed by atoms with Gasteiger partial charge in [-0.25, -0.2) is 0 Å². The van der Waals surface area contributed by atoms with Crippen LogP contribution in [0.5, 0.6) is 5.75 Å². The van der Waals surface area contributed by atoms with Crippen LogP contribution in [0.4, 0.5) is 11.4 Å². The molecule has 1 heterocycles. The number of halogens is 1. The average molecular weight is 418 g/mol. The Balaban J connectivity index is 1.72. The maximum absolute atomic E-state index is 12.8. The minimum atomic E-state index is -0.187. The Hall–Kier alpha value is -2.38. The SMILES string of the molecule is COc1ccc(Br)cc1CN(C)CC(=O)N1CC(=O)Nc2ccccc21.